The van der Waals surface area contributed by atoms with Crippen LogP contribution in [-0.2, 0) is 21.4 Å². The van der Waals surface area contributed by atoms with Gasteiger partial charge in [-0.2, -0.15) is 4.31 Å². The van der Waals surface area contributed by atoms with Crippen molar-refractivity contribution in [3.8, 4) is 0 Å². The lowest BCUT2D eigenvalue weighted by atomic mass is 10.0. The molecule has 0 radical (unpaired) electrons. The summed E-state index contributed by atoms with van der Waals surface area (Å²) in [5, 5.41) is 11.3. The minimum atomic E-state index is -3.82. The number of likely N-dealkylation sites (tertiary alicyclic amines) is 1. The van der Waals surface area contributed by atoms with E-state index in [2.05, 4.69) is 27.5 Å². The number of hydrogen-bond donors (Lipinski definition) is 1. The van der Waals surface area contributed by atoms with Crippen LogP contribution in [0.25, 0.3) is 11.0 Å². The van der Waals surface area contributed by atoms with E-state index in [1.54, 1.807) is 22.9 Å². The molecule has 3 heterocycles. The minimum absolute atomic E-state index is 0.169. The van der Waals surface area contributed by atoms with E-state index in [4.69, 9.17) is 0 Å². The summed E-state index contributed by atoms with van der Waals surface area (Å²) in [6.07, 6.45) is 8.03. The molecule has 2 aliphatic rings. The van der Waals surface area contributed by atoms with Crippen molar-refractivity contribution in [3.63, 3.8) is 0 Å². The number of hydrogen-bond acceptors (Lipinski definition) is 6. The van der Waals surface area contributed by atoms with Crippen LogP contribution in [0.5, 0.6) is 0 Å². The summed E-state index contributed by atoms with van der Waals surface area (Å²) in [6, 6.07) is 4.28. The first-order chi connectivity index (χ1) is 16.0. The third-order valence-corrected chi connectivity index (χ3v) is 8.61. The Morgan fingerprint density at radius 1 is 1.06 bits per heavy atom. The molecule has 2 aliphatic heterocycles. The lowest BCUT2D eigenvalue weighted by Gasteiger charge is -2.33. The number of nitrogens with zero attached hydrogens (tertiary/aromatic N) is 5. The lowest BCUT2D eigenvalue weighted by molar-refractivity contribution is -0.125. The highest BCUT2D eigenvalue weighted by Gasteiger charge is 2.37. The molecular formula is C23H36N6O3S. The number of carbonyl (C=O) groups is 1. The third-order valence-electron chi connectivity index (χ3n) is 6.71. The Morgan fingerprint density at radius 2 is 1.82 bits per heavy atom. The van der Waals surface area contributed by atoms with Crippen molar-refractivity contribution < 1.29 is 13.2 Å². The van der Waals surface area contributed by atoms with Gasteiger partial charge in [0.15, 0.2) is 0 Å². The number of carbonyl (C=O) groups excluding carboxylic acids is 1. The summed E-state index contributed by atoms with van der Waals surface area (Å²) in [4.78, 5) is 15.6. The first-order valence-electron chi connectivity index (χ1n) is 12.4. The van der Waals surface area contributed by atoms with Gasteiger partial charge in [0, 0.05) is 26.2 Å². The van der Waals surface area contributed by atoms with Crippen molar-refractivity contribution in [1.82, 2.24) is 29.5 Å². The van der Waals surface area contributed by atoms with E-state index in [0.717, 1.165) is 51.0 Å². The summed E-state index contributed by atoms with van der Waals surface area (Å²) < 4.78 is 30.2. The average molecular weight is 477 g/mol. The Labute approximate surface area is 196 Å². The maximum Gasteiger partial charge on any atom is 0.243 e. The number of piperidine rings is 1. The zero-order valence-corrected chi connectivity index (χ0v) is 20.4. The van der Waals surface area contributed by atoms with Crippen molar-refractivity contribution in [2.75, 3.05) is 32.7 Å². The van der Waals surface area contributed by atoms with Gasteiger partial charge in [0.25, 0.3) is 0 Å². The first-order valence-corrected chi connectivity index (χ1v) is 13.8. The molecule has 0 saturated carbocycles. The maximum atomic E-state index is 13.5. The van der Waals surface area contributed by atoms with Crippen LogP contribution in [0, 0.1) is 0 Å². The Morgan fingerprint density at radius 3 is 2.58 bits per heavy atom. The van der Waals surface area contributed by atoms with Gasteiger partial charge in [-0.25, -0.2) is 13.1 Å². The van der Waals surface area contributed by atoms with Crippen LogP contribution in [0.2, 0.25) is 0 Å². The molecule has 2 saturated heterocycles. The maximum absolute atomic E-state index is 13.5. The summed E-state index contributed by atoms with van der Waals surface area (Å²) in [5.41, 5.74) is 1.37. The van der Waals surface area contributed by atoms with E-state index in [0.29, 0.717) is 25.0 Å². The third kappa shape index (κ3) is 5.55. The molecule has 2 aromatic rings. The predicted octanol–water partition coefficient (Wildman–Crippen LogP) is 2.38. The summed E-state index contributed by atoms with van der Waals surface area (Å²) >= 11 is 0. The lowest BCUT2D eigenvalue weighted by Crippen LogP contribution is -2.52. The Hall–Kier alpha value is -2.04. The largest absolute Gasteiger partial charge is 0.353 e. The summed E-state index contributed by atoms with van der Waals surface area (Å²) in [5.74, 6) is -0.192. The summed E-state index contributed by atoms with van der Waals surface area (Å²) in [6.45, 7) is 6.66. The van der Waals surface area contributed by atoms with Gasteiger partial charge in [-0.05, 0) is 63.4 Å². The highest BCUT2D eigenvalue weighted by molar-refractivity contribution is 7.89. The second kappa shape index (κ2) is 10.9. The van der Waals surface area contributed by atoms with E-state index >= 15 is 0 Å². The van der Waals surface area contributed by atoms with Crippen LogP contribution in [0.15, 0.2) is 23.1 Å². The van der Waals surface area contributed by atoms with Crippen molar-refractivity contribution in [2.45, 2.75) is 75.8 Å². The van der Waals surface area contributed by atoms with Gasteiger partial charge >= 0.3 is 0 Å². The standard InChI is InChI=1S/C23H36N6O3S/c1-2-13-28-21-11-10-19(18-20(21)25-26-28)33(31,32)29-16-8-5-9-22(29)23(30)24-12-17-27-14-6-3-4-7-15-27/h10-11,18,22H,2-9,12-17H2,1H3,(H,24,30). The molecule has 0 aliphatic carbocycles. The highest BCUT2D eigenvalue weighted by atomic mass is 32.2. The highest BCUT2D eigenvalue weighted by Crippen LogP contribution is 2.27. The van der Waals surface area contributed by atoms with Crippen molar-refractivity contribution in [1.29, 1.82) is 0 Å². The second-order valence-electron chi connectivity index (χ2n) is 9.14. The van der Waals surface area contributed by atoms with E-state index in [1.807, 2.05) is 0 Å². The molecule has 33 heavy (non-hydrogen) atoms. The van der Waals surface area contributed by atoms with E-state index in [9.17, 15) is 13.2 Å². The van der Waals surface area contributed by atoms with Crippen LogP contribution >= 0.6 is 0 Å². The SMILES string of the molecule is CCCn1nnc2cc(S(=O)(=O)N3CCCCC3C(=O)NCCN3CCCCCC3)ccc21. The number of benzene rings is 1. The van der Waals surface area contributed by atoms with E-state index < -0.39 is 16.1 Å². The quantitative estimate of drug-likeness (QED) is 0.628. The molecule has 4 rings (SSSR count). The molecule has 1 N–H and O–H groups in total. The first kappa shape index (κ1) is 24.1. The van der Waals surface area contributed by atoms with Crippen LogP contribution < -0.4 is 5.32 Å². The molecule has 10 heteroatoms. The van der Waals surface area contributed by atoms with Gasteiger partial charge in [-0.3, -0.25) is 4.79 Å². The molecule has 1 atom stereocenters. The Kier molecular flexibility index (Phi) is 7.98. The molecule has 1 amide bonds. The number of aromatic nitrogens is 3. The van der Waals surface area contributed by atoms with Gasteiger partial charge in [-0.15, -0.1) is 5.10 Å². The predicted molar refractivity (Wildman–Crippen MR) is 127 cm³/mol. The van der Waals surface area contributed by atoms with Crippen LogP contribution in [0.3, 0.4) is 0 Å². The fourth-order valence-corrected chi connectivity index (χ4v) is 6.57. The fourth-order valence-electron chi connectivity index (χ4n) is 4.89. The normalized spacial score (nSPS) is 21.2. The van der Waals surface area contributed by atoms with Crippen LogP contribution in [0.1, 0.15) is 58.3 Å². The average Bonchev–Trinajstić information content (AvgIpc) is 3.04. The van der Waals surface area contributed by atoms with E-state index in [-0.39, 0.29) is 10.8 Å². The molecule has 2 fully saturated rings. The van der Waals surface area contributed by atoms with Crippen molar-refractivity contribution in [2.24, 2.45) is 0 Å². The second-order valence-corrected chi connectivity index (χ2v) is 11.0. The van der Waals surface area contributed by atoms with Crippen molar-refractivity contribution >= 4 is 27.0 Å². The monoisotopic (exact) mass is 476 g/mol. The topological polar surface area (TPSA) is 100 Å². The number of amides is 1. The van der Waals surface area contributed by atoms with Gasteiger partial charge in [0.2, 0.25) is 15.9 Å². The molecule has 0 spiro atoms. The number of sulfonamides is 1. The molecule has 0 bridgehead atoms. The summed E-state index contributed by atoms with van der Waals surface area (Å²) in [7, 11) is -3.82. The molecular weight excluding hydrogens is 440 g/mol. The minimum Gasteiger partial charge on any atom is -0.353 e. The van der Waals surface area contributed by atoms with Crippen LogP contribution in [0.4, 0.5) is 0 Å². The van der Waals surface area contributed by atoms with Gasteiger partial charge in [-0.1, -0.05) is 31.4 Å². The van der Waals surface area contributed by atoms with Crippen molar-refractivity contribution in [3.05, 3.63) is 18.2 Å². The molecule has 1 aromatic heterocycles. The zero-order chi connectivity index (χ0) is 23.3. The van der Waals surface area contributed by atoms with Gasteiger partial charge in [0.05, 0.1) is 10.4 Å². The molecule has 182 valence electrons. The molecule has 1 unspecified atom stereocenters. The zero-order valence-electron chi connectivity index (χ0n) is 19.6. The Balaban J connectivity index is 1.45. The number of aryl methyl sites for hydroxylation is 1. The number of nitrogens with one attached hydrogen (secondary N) is 1. The smallest absolute Gasteiger partial charge is 0.243 e. The Bertz CT molecular complexity index is 1050. The van der Waals surface area contributed by atoms with E-state index in [1.165, 1.54) is 30.0 Å². The van der Waals surface area contributed by atoms with Gasteiger partial charge in [0.1, 0.15) is 11.6 Å². The number of rotatable bonds is 8. The molecule has 9 nitrogen and oxygen atoms in total. The number of fused-ring (bicyclic) bond motifs is 1. The molecule has 1 aromatic carbocycles. The van der Waals surface area contributed by atoms with Gasteiger partial charge < -0.3 is 10.2 Å². The fraction of sp³-hybridized carbons (Fsp3) is 0.696. The van der Waals surface area contributed by atoms with Crippen LogP contribution in [-0.4, -0.2) is 77.3 Å².